The van der Waals surface area contributed by atoms with Crippen molar-refractivity contribution >= 4 is 11.9 Å². The van der Waals surface area contributed by atoms with Crippen molar-refractivity contribution in [3.05, 3.63) is 0 Å². The quantitative estimate of drug-likeness (QED) is 0.512. The third-order valence-electron chi connectivity index (χ3n) is 4.80. The molecule has 0 aromatic heterocycles. The van der Waals surface area contributed by atoms with Gasteiger partial charge in [-0.1, -0.05) is 0 Å². The molecule has 138 valence electrons. The van der Waals surface area contributed by atoms with Gasteiger partial charge >= 0.3 is 5.97 Å². The third-order valence-corrected chi connectivity index (χ3v) is 4.80. The van der Waals surface area contributed by atoms with Crippen LogP contribution < -0.4 is 0 Å². The number of methoxy groups -OCH3 is 1. The summed E-state index contributed by atoms with van der Waals surface area (Å²) in [5.74, 6) is -0.217. The van der Waals surface area contributed by atoms with E-state index in [9.17, 15) is 9.59 Å². The zero-order valence-electron chi connectivity index (χ0n) is 15.0. The lowest BCUT2D eigenvalue weighted by Gasteiger charge is -2.34. The molecule has 2 rings (SSSR count). The van der Waals surface area contributed by atoms with E-state index in [0.29, 0.717) is 0 Å². The van der Waals surface area contributed by atoms with E-state index >= 15 is 0 Å². The number of rotatable bonds is 7. The van der Waals surface area contributed by atoms with Crippen LogP contribution in [0.15, 0.2) is 0 Å². The Kier molecular flexibility index (Phi) is 7.45. The van der Waals surface area contributed by atoms with E-state index in [1.807, 2.05) is 0 Å². The zero-order chi connectivity index (χ0) is 17.5. The van der Waals surface area contributed by atoms with Crippen molar-refractivity contribution in [3.8, 4) is 0 Å². The lowest BCUT2D eigenvalue weighted by atomic mass is 9.87. The molecule has 24 heavy (non-hydrogen) atoms. The predicted molar refractivity (Wildman–Crippen MR) is 88.1 cm³/mol. The third kappa shape index (κ3) is 5.43. The maximum absolute atomic E-state index is 11.8. The Balaban J connectivity index is 1.84. The second-order valence-corrected chi connectivity index (χ2v) is 6.78. The van der Waals surface area contributed by atoms with Crippen molar-refractivity contribution in [1.82, 2.24) is 9.80 Å². The molecule has 0 radical (unpaired) electrons. The number of carbonyl (C=O) groups excluding carboxylic acids is 2. The Morgan fingerprint density at radius 3 is 2.29 bits per heavy atom. The topological polar surface area (TPSA) is 68.3 Å². The van der Waals surface area contributed by atoms with Gasteiger partial charge in [0.2, 0.25) is 12.3 Å². The number of likely N-dealkylation sites (N-methyl/N-ethyl adjacent to an activating group) is 1. The van der Waals surface area contributed by atoms with Crippen molar-refractivity contribution in [2.45, 2.75) is 51.0 Å². The van der Waals surface area contributed by atoms with Crippen LogP contribution in [0.3, 0.4) is 0 Å². The molecule has 7 nitrogen and oxygen atoms in total. The fourth-order valence-electron chi connectivity index (χ4n) is 3.22. The van der Waals surface area contributed by atoms with E-state index in [0.717, 1.165) is 51.6 Å². The molecule has 1 amide bonds. The molecule has 0 aromatic carbocycles. The van der Waals surface area contributed by atoms with E-state index in [1.54, 1.807) is 14.1 Å². The molecular formula is C17H30N2O5. The van der Waals surface area contributed by atoms with Crippen LogP contribution >= 0.6 is 0 Å². The SMILES string of the molecule is COC(=O)C1CCC(OC(OCC(=O)N(C)C)N2CCCC2)CC1. The number of hydrogen-bond donors (Lipinski definition) is 0. The number of amides is 1. The highest BCUT2D eigenvalue weighted by Gasteiger charge is 2.32. The Labute approximate surface area is 144 Å². The summed E-state index contributed by atoms with van der Waals surface area (Å²) in [5.41, 5.74) is 0. The lowest BCUT2D eigenvalue weighted by molar-refractivity contribution is -0.244. The maximum Gasteiger partial charge on any atom is 0.308 e. The summed E-state index contributed by atoms with van der Waals surface area (Å²) in [7, 11) is 4.86. The minimum atomic E-state index is -0.476. The molecule has 2 aliphatic rings. The van der Waals surface area contributed by atoms with Gasteiger partial charge in [0.1, 0.15) is 6.61 Å². The van der Waals surface area contributed by atoms with E-state index in [2.05, 4.69) is 4.90 Å². The molecule has 1 aliphatic heterocycles. The Hall–Kier alpha value is -1.18. The highest BCUT2D eigenvalue weighted by molar-refractivity contribution is 5.76. The summed E-state index contributed by atoms with van der Waals surface area (Å²) in [5, 5.41) is 0. The summed E-state index contributed by atoms with van der Waals surface area (Å²) in [6.45, 7) is 1.88. The van der Waals surface area contributed by atoms with Crippen LogP contribution in [0.1, 0.15) is 38.5 Å². The van der Waals surface area contributed by atoms with E-state index in [4.69, 9.17) is 14.2 Å². The first kappa shape index (κ1) is 19.1. The van der Waals surface area contributed by atoms with Crippen LogP contribution in [-0.4, -0.2) is 75.1 Å². The van der Waals surface area contributed by atoms with Crippen LogP contribution in [0.25, 0.3) is 0 Å². The smallest absolute Gasteiger partial charge is 0.308 e. The van der Waals surface area contributed by atoms with Crippen LogP contribution in [0.5, 0.6) is 0 Å². The van der Waals surface area contributed by atoms with Gasteiger partial charge in [-0.2, -0.15) is 0 Å². The average molecular weight is 342 g/mol. The van der Waals surface area contributed by atoms with Gasteiger partial charge in [-0.15, -0.1) is 0 Å². The van der Waals surface area contributed by atoms with Gasteiger partial charge in [0.15, 0.2) is 0 Å². The van der Waals surface area contributed by atoms with Gasteiger partial charge in [0.25, 0.3) is 0 Å². The fraction of sp³-hybridized carbons (Fsp3) is 0.882. The van der Waals surface area contributed by atoms with Crippen molar-refractivity contribution in [2.24, 2.45) is 5.92 Å². The minimum absolute atomic E-state index is 0.0173. The number of ether oxygens (including phenoxy) is 3. The number of esters is 1. The van der Waals surface area contributed by atoms with Gasteiger partial charge in [-0.25, -0.2) is 0 Å². The molecule has 1 unspecified atom stereocenters. The molecule has 0 N–H and O–H groups in total. The van der Waals surface area contributed by atoms with E-state index in [1.165, 1.54) is 12.0 Å². The van der Waals surface area contributed by atoms with Gasteiger partial charge < -0.3 is 19.1 Å². The molecule has 1 heterocycles. The molecule has 0 aromatic rings. The van der Waals surface area contributed by atoms with Crippen LogP contribution in [0.2, 0.25) is 0 Å². The first-order valence-corrected chi connectivity index (χ1v) is 8.80. The number of carbonyl (C=O) groups is 2. The predicted octanol–water partition coefficient (Wildman–Crippen LogP) is 1.22. The standard InChI is InChI=1S/C17H30N2O5/c1-18(2)15(20)12-23-17(19-10-4-5-11-19)24-14-8-6-13(7-9-14)16(21)22-3/h13-14,17H,4-12H2,1-3H3. The zero-order valence-corrected chi connectivity index (χ0v) is 15.0. The Bertz CT molecular complexity index is 415. The summed E-state index contributed by atoms with van der Waals surface area (Å²) >= 11 is 0. The molecule has 0 spiro atoms. The summed E-state index contributed by atoms with van der Waals surface area (Å²) in [6, 6.07) is 0. The summed E-state index contributed by atoms with van der Waals surface area (Å²) in [6.07, 6.45) is 5.02. The van der Waals surface area contributed by atoms with Crippen molar-refractivity contribution < 1.29 is 23.8 Å². The van der Waals surface area contributed by atoms with Gasteiger partial charge in [-0.3, -0.25) is 14.5 Å². The first-order valence-electron chi connectivity index (χ1n) is 8.80. The van der Waals surface area contributed by atoms with E-state index in [-0.39, 0.29) is 30.5 Å². The number of likely N-dealkylation sites (tertiary alicyclic amines) is 1. The van der Waals surface area contributed by atoms with Crippen molar-refractivity contribution in [3.63, 3.8) is 0 Å². The van der Waals surface area contributed by atoms with Crippen LogP contribution in [-0.2, 0) is 23.8 Å². The summed E-state index contributed by atoms with van der Waals surface area (Å²) in [4.78, 5) is 27.1. The minimum Gasteiger partial charge on any atom is -0.469 e. The van der Waals surface area contributed by atoms with E-state index < -0.39 is 6.41 Å². The second kappa shape index (κ2) is 9.34. The van der Waals surface area contributed by atoms with Crippen LogP contribution in [0.4, 0.5) is 0 Å². The highest BCUT2D eigenvalue weighted by Crippen LogP contribution is 2.29. The first-order chi connectivity index (χ1) is 11.5. The van der Waals surface area contributed by atoms with Gasteiger partial charge in [0, 0.05) is 27.2 Å². The Morgan fingerprint density at radius 2 is 1.75 bits per heavy atom. The number of hydrogen-bond acceptors (Lipinski definition) is 6. The lowest BCUT2D eigenvalue weighted by Crippen LogP contribution is -2.43. The molecule has 7 heteroatoms. The fourth-order valence-corrected chi connectivity index (χ4v) is 3.22. The second-order valence-electron chi connectivity index (χ2n) is 6.78. The highest BCUT2D eigenvalue weighted by atomic mass is 16.7. The normalized spacial score (nSPS) is 26.1. The number of nitrogens with zero attached hydrogens (tertiary/aromatic N) is 2. The average Bonchev–Trinajstić information content (AvgIpc) is 3.12. The van der Waals surface area contributed by atoms with Crippen LogP contribution in [0, 0.1) is 5.92 Å². The molecule has 1 aliphatic carbocycles. The molecule has 2 fully saturated rings. The summed E-state index contributed by atoms with van der Waals surface area (Å²) < 4.78 is 16.7. The molecular weight excluding hydrogens is 312 g/mol. The van der Waals surface area contributed by atoms with Crippen molar-refractivity contribution in [2.75, 3.05) is 40.9 Å². The Morgan fingerprint density at radius 1 is 1.12 bits per heavy atom. The molecule has 1 atom stereocenters. The van der Waals surface area contributed by atoms with Gasteiger partial charge in [0.05, 0.1) is 19.1 Å². The molecule has 1 saturated heterocycles. The molecule has 0 bridgehead atoms. The van der Waals surface area contributed by atoms with Crippen molar-refractivity contribution in [1.29, 1.82) is 0 Å². The molecule has 1 saturated carbocycles. The monoisotopic (exact) mass is 342 g/mol. The van der Waals surface area contributed by atoms with Gasteiger partial charge in [-0.05, 0) is 38.5 Å². The maximum atomic E-state index is 11.8. The largest absolute Gasteiger partial charge is 0.469 e.